The van der Waals surface area contributed by atoms with Gasteiger partial charge in [-0.1, -0.05) is 24.3 Å². The van der Waals surface area contributed by atoms with Gasteiger partial charge in [0.25, 0.3) is 5.91 Å². The van der Waals surface area contributed by atoms with Crippen molar-refractivity contribution >= 4 is 17.7 Å². The summed E-state index contributed by atoms with van der Waals surface area (Å²) in [7, 11) is 0. The summed E-state index contributed by atoms with van der Waals surface area (Å²) < 4.78 is 57.3. The molecule has 0 spiro atoms. The van der Waals surface area contributed by atoms with Gasteiger partial charge in [0.1, 0.15) is 24.1 Å². The highest BCUT2D eigenvalue weighted by Crippen LogP contribution is 2.36. The Morgan fingerprint density at radius 2 is 1.59 bits per heavy atom. The van der Waals surface area contributed by atoms with Gasteiger partial charge >= 0.3 is 12.1 Å². The van der Waals surface area contributed by atoms with Crippen molar-refractivity contribution in [3.8, 4) is 11.1 Å². The Kier molecular flexibility index (Phi) is 7.68. The molecule has 10 nitrogen and oxygen atoms in total. The van der Waals surface area contributed by atoms with E-state index in [0.29, 0.717) is 11.8 Å². The molecule has 5 rings (SSSR count). The third-order valence-electron chi connectivity index (χ3n) is 6.75. The van der Waals surface area contributed by atoms with E-state index in [9.17, 15) is 22.8 Å². The van der Waals surface area contributed by atoms with Crippen molar-refractivity contribution in [1.29, 1.82) is 0 Å². The van der Waals surface area contributed by atoms with Crippen molar-refractivity contribution in [2.24, 2.45) is 0 Å². The van der Waals surface area contributed by atoms with E-state index >= 15 is 0 Å². The number of anilines is 1. The molecular formula is C28H27F3N4O6. The number of nitrogens with one attached hydrogen (secondary N) is 2. The number of hydrogen-bond acceptors (Lipinski definition) is 8. The van der Waals surface area contributed by atoms with Crippen molar-refractivity contribution < 1.29 is 42.1 Å². The minimum atomic E-state index is -4.64. The van der Waals surface area contributed by atoms with Crippen LogP contribution < -0.4 is 10.6 Å². The summed E-state index contributed by atoms with van der Waals surface area (Å²) >= 11 is 0. The lowest BCUT2D eigenvalue weighted by molar-refractivity contribution is -0.153. The molecule has 0 aliphatic carbocycles. The van der Waals surface area contributed by atoms with Gasteiger partial charge in [-0.15, -0.1) is 0 Å². The van der Waals surface area contributed by atoms with Crippen LogP contribution in [0.25, 0.3) is 11.1 Å². The van der Waals surface area contributed by atoms with Gasteiger partial charge in [-0.3, -0.25) is 9.78 Å². The molecule has 3 aromatic rings. The van der Waals surface area contributed by atoms with Crippen LogP contribution in [0.4, 0.5) is 19.0 Å². The molecule has 2 fully saturated rings. The van der Waals surface area contributed by atoms with Gasteiger partial charge in [0.05, 0.1) is 30.6 Å². The lowest BCUT2D eigenvalue weighted by atomic mass is 9.97. The lowest BCUT2D eigenvalue weighted by Crippen LogP contribution is -2.57. The largest absolute Gasteiger partial charge is 0.478 e. The van der Waals surface area contributed by atoms with E-state index in [1.807, 2.05) is 0 Å². The summed E-state index contributed by atoms with van der Waals surface area (Å²) in [5, 5.41) is 14.8. The Hall–Kier alpha value is -4.07. The van der Waals surface area contributed by atoms with Gasteiger partial charge in [0.15, 0.2) is 11.5 Å². The number of amides is 1. The maximum atomic E-state index is 13.1. The van der Waals surface area contributed by atoms with Gasteiger partial charge in [-0.25, -0.2) is 9.78 Å². The zero-order valence-electron chi connectivity index (χ0n) is 22.0. The molecule has 2 aliphatic heterocycles. The van der Waals surface area contributed by atoms with Gasteiger partial charge < -0.3 is 30.0 Å². The van der Waals surface area contributed by atoms with Crippen LogP contribution in [0.5, 0.6) is 0 Å². The van der Waals surface area contributed by atoms with Crippen LogP contribution in [-0.4, -0.2) is 70.2 Å². The Morgan fingerprint density at radius 3 is 2.20 bits per heavy atom. The number of halogens is 3. The van der Waals surface area contributed by atoms with E-state index in [4.69, 9.17) is 19.3 Å². The van der Waals surface area contributed by atoms with E-state index < -0.39 is 48.0 Å². The van der Waals surface area contributed by atoms with Gasteiger partial charge in [0.2, 0.25) is 0 Å². The smallest absolute Gasteiger partial charge is 0.434 e. The molecule has 0 unspecified atom stereocenters. The third-order valence-corrected chi connectivity index (χ3v) is 6.75. The van der Waals surface area contributed by atoms with Crippen molar-refractivity contribution in [2.45, 2.75) is 50.2 Å². The van der Waals surface area contributed by atoms with Crippen LogP contribution in [0.3, 0.4) is 0 Å². The monoisotopic (exact) mass is 572 g/mol. The molecule has 1 amide bonds. The third kappa shape index (κ3) is 6.47. The van der Waals surface area contributed by atoms with Crippen LogP contribution >= 0.6 is 0 Å². The van der Waals surface area contributed by atoms with E-state index in [-0.39, 0.29) is 30.4 Å². The Bertz CT molecular complexity index is 1420. The number of rotatable bonds is 7. The number of carboxylic acid groups (broad SMARTS) is 1. The lowest BCUT2D eigenvalue weighted by Gasteiger charge is -2.37. The summed E-state index contributed by atoms with van der Waals surface area (Å²) in [4.78, 5) is 31.2. The highest BCUT2D eigenvalue weighted by molar-refractivity contribution is 5.94. The summed E-state index contributed by atoms with van der Waals surface area (Å²) in [6.07, 6.45) is -4.59. The molecule has 2 saturated heterocycles. The molecule has 4 atom stereocenters. The molecule has 13 heteroatoms. The molecule has 3 N–H and O–H groups in total. The molecule has 0 bridgehead atoms. The summed E-state index contributed by atoms with van der Waals surface area (Å²) in [6.45, 7) is 3.61. The second-order valence-electron chi connectivity index (χ2n) is 10.1. The number of aromatic nitrogens is 2. The van der Waals surface area contributed by atoms with E-state index in [1.54, 1.807) is 50.2 Å². The van der Waals surface area contributed by atoms with Crippen molar-refractivity contribution in [2.75, 3.05) is 18.5 Å². The fourth-order valence-electron chi connectivity index (χ4n) is 4.81. The van der Waals surface area contributed by atoms with Crippen LogP contribution in [0.2, 0.25) is 0 Å². The Balaban J connectivity index is 1.21. The van der Waals surface area contributed by atoms with Gasteiger partial charge in [-0.05, 0) is 49.2 Å². The summed E-state index contributed by atoms with van der Waals surface area (Å²) in [5.41, 5.74) is 1.10. The number of carbonyl (C=O) groups is 2. The Morgan fingerprint density at radius 1 is 0.976 bits per heavy atom. The first-order valence-electron chi connectivity index (χ1n) is 12.7. The number of fused-ring (bicyclic) bond motifs is 1. The standard InChI is InChI=1S/C28H27F3N4O6/c1-27(2)40-23-19(34-22-13-32-12-21(35-22)28(29,30)31)14-39-20(24(23)41-27)11-33-25(36)17-7-3-15(4-8-17)16-5-9-18(10-6-16)26(37)38/h3-10,12-13,19-20,23-24H,11,14H2,1-2H3,(H,33,36)(H,34,35)(H,37,38)/t19-,20+,23+,24-/m0/s1. The van der Waals surface area contributed by atoms with Crippen molar-refractivity contribution in [3.05, 3.63) is 77.7 Å². The minimum absolute atomic E-state index is 0.0639. The molecule has 216 valence electrons. The molecule has 41 heavy (non-hydrogen) atoms. The number of carboxylic acids is 1. The van der Waals surface area contributed by atoms with Crippen LogP contribution in [0, 0.1) is 0 Å². The Labute approximate surface area is 232 Å². The maximum Gasteiger partial charge on any atom is 0.434 e. The zero-order chi connectivity index (χ0) is 29.4. The van der Waals surface area contributed by atoms with E-state index in [0.717, 1.165) is 11.1 Å². The first kappa shape index (κ1) is 28.5. The first-order chi connectivity index (χ1) is 19.4. The number of ether oxygens (including phenoxy) is 3. The second-order valence-corrected chi connectivity index (χ2v) is 10.1. The summed E-state index contributed by atoms with van der Waals surface area (Å²) in [5.74, 6) is -2.40. The average Bonchev–Trinajstić information content (AvgIpc) is 3.28. The fraction of sp³-hybridized carbons (Fsp3) is 0.357. The zero-order valence-corrected chi connectivity index (χ0v) is 22.0. The summed E-state index contributed by atoms with van der Waals surface area (Å²) in [6, 6.07) is 12.7. The highest BCUT2D eigenvalue weighted by Gasteiger charge is 2.52. The van der Waals surface area contributed by atoms with Crippen molar-refractivity contribution in [3.63, 3.8) is 0 Å². The van der Waals surface area contributed by atoms with Gasteiger partial charge in [-0.2, -0.15) is 13.2 Å². The minimum Gasteiger partial charge on any atom is -0.478 e. The molecular weight excluding hydrogens is 545 g/mol. The number of nitrogens with zero attached hydrogens (tertiary/aromatic N) is 2. The number of alkyl halides is 3. The molecule has 0 saturated carbocycles. The van der Waals surface area contributed by atoms with E-state index in [1.165, 1.54) is 18.3 Å². The van der Waals surface area contributed by atoms with Crippen LogP contribution in [0.1, 0.15) is 40.3 Å². The first-order valence-corrected chi connectivity index (χ1v) is 12.7. The van der Waals surface area contributed by atoms with Crippen molar-refractivity contribution in [1.82, 2.24) is 15.3 Å². The molecule has 0 radical (unpaired) electrons. The molecule has 1 aromatic heterocycles. The quantitative estimate of drug-likeness (QED) is 0.385. The predicted molar refractivity (Wildman–Crippen MR) is 139 cm³/mol. The molecule has 2 aromatic carbocycles. The van der Waals surface area contributed by atoms with Gasteiger partial charge in [0, 0.05) is 12.1 Å². The van der Waals surface area contributed by atoms with E-state index in [2.05, 4.69) is 20.6 Å². The SMILES string of the molecule is CC1(C)O[C@@H]2[C@H](O1)[C@@H](Nc1cncc(C(F)(F)F)n1)CO[C@@H]2CNC(=O)c1ccc(-c2ccc(C(=O)O)cc2)cc1. The number of aromatic carboxylic acids is 1. The predicted octanol–water partition coefficient (Wildman–Crippen LogP) is 3.99. The second kappa shape index (κ2) is 11.1. The van der Waals surface area contributed by atoms with Crippen LogP contribution in [-0.2, 0) is 20.4 Å². The maximum absolute atomic E-state index is 13.1. The number of hydrogen-bond donors (Lipinski definition) is 3. The topological polar surface area (TPSA) is 132 Å². The fourth-order valence-corrected chi connectivity index (χ4v) is 4.81. The number of benzene rings is 2. The normalized spacial score (nSPS) is 23.4. The molecule has 3 heterocycles. The number of carbonyl (C=O) groups excluding carboxylic acids is 1. The van der Waals surface area contributed by atoms with Crippen LogP contribution in [0.15, 0.2) is 60.9 Å². The highest BCUT2D eigenvalue weighted by atomic mass is 19.4. The average molecular weight is 573 g/mol. The molecule has 2 aliphatic rings.